The summed E-state index contributed by atoms with van der Waals surface area (Å²) in [4.78, 5) is 4.98. The lowest BCUT2D eigenvalue weighted by molar-refractivity contribution is 0.553. The van der Waals surface area contributed by atoms with Gasteiger partial charge in [0.25, 0.3) is 0 Å². The summed E-state index contributed by atoms with van der Waals surface area (Å²) >= 11 is 6.16. The second-order valence-corrected chi connectivity index (χ2v) is 6.51. The van der Waals surface area contributed by atoms with E-state index in [1.165, 1.54) is 0 Å². The number of fused-ring (bicyclic) bond motifs is 1. The molecule has 0 saturated heterocycles. The minimum absolute atomic E-state index is 0.191. The highest BCUT2D eigenvalue weighted by molar-refractivity contribution is 6.31. The normalized spacial score (nSPS) is 16.7. The summed E-state index contributed by atoms with van der Waals surface area (Å²) in [5.74, 6) is 1.01. The second kappa shape index (κ2) is 4.88. The Bertz CT molecular complexity index is 728. The zero-order valence-electron chi connectivity index (χ0n) is 12.7. The Hall–Kier alpha value is -1.81. The number of hydrogen-bond acceptors (Lipinski definition) is 3. The summed E-state index contributed by atoms with van der Waals surface area (Å²) in [7, 11) is 1.95. The van der Waals surface area contributed by atoms with Crippen LogP contribution in [0.2, 0.25) is 5.02 Å². The highest BCUT2D eigenvalue weighted by Gasteiger charge is 2.28. The first kappa shape index (κ1) is 14.1. The SMILES string of the molecule is Cc1nn(C)c2c1C(c1cccc(Cl)c1)=NC(C)(C)CN2. The van der Waals surface area contributed by atoms with Gasteiger partial charge < -0.3 is 5.32 Å². The summed E-state index contributed by atoms with van der Waals surface area (Å²) in [6.45, 7) is 7.03. The molecular weight excluding hydrogens is 284 g/mol. The monoisotopic (exact) mass is 302 g/mol. The Morgan fingerprint density at radius 2 is 2.10 bits per heavy atom. The number of aryl methyl sites for hydroxylation is 2. The summed E-state index contributed by atoms with van der Waals surface area (Å²) < 4.78 is 1.88. The molecule has 0 saturated carbocycles. The van der Waals surface area contributed by atoms with Gasteiger partial charge in [-0.2, -0.15) is 5.10 Å². The standard InChI is InChI=1S/C16H19ClN4/c1-10-13-14(11-6-5-7-12(17)8-11)19-16(2,3)9-18-15(13)21(4)20-10/h5-8,18H,9H2,1-4H3. The van der Waals surface area contributed by atoms with Gasteiger partial charge >= 0.3 is 0 Å². The van der Waals surface area contributed by atoms with Gasteiger partial charge in [-0.25, -0.2) is 0 Å². The molecule has 1 aromatic heterocycles. The molecule has 0 radical (unpaired) electrons. The fourth-order valence-electron chi connectivity index (χ4n) is 2.69. The van der Waals surface area contributed by atoms with Gasteiger partial charge in [-0.1, -0.05) is 23.7 Å². The molecule has 5 heteroatoms. The molecule has 1 aliphatic rings. The molecule has 21 heavy (non-hydrogen) atoms. The Labute approximate surface area is 129 Å². The molecule has 0 amide bonds. The molecule has 3 rings (SSSR count). The minimum Gasteiger partial charge on any atom is -0.367 e. The Morgan fingerprint density at radius 1 is 1.33 bits per heavy atom. The van der Waals surface area contributed by atoms with Crippen molar-refractivity contribution in [2.45, 2.75) is 26.3 Å². The largest absolute Gasteiger partial charge is 0.367 e. The van der Waals surface area contributed by atoms with Crippen LogP contribution < -0.4 is 5.32 Å². The molecule has 2 heterocycles. The van der Waals surface area contributed by atoms with E-state index >= 15 is 0 Å². The van der Waals surface area contributed by atoms with Gasteiger partial charge in [-0.15, -0.1) is 0 Å². The number of rotatable bonds is 1. The van der Waals surface area contributed by atoms with Crippen molar-refractivity contribution in [2.24, 2.45) is 12.0 Å². The first-order chi connectivity index (χ1) is 9.87. The third-order valence-electron chi connectivity index (χ3n) is 3.66. The Kier molecular flexibility index (Phi) is 3.29. The number of aromatic nitrogens is 2. The van der Waals surface area contributed by atoms with Gasteiger partial charge in [0, 0.05) is 24.2 Å². The van der Waals surface area contributed by atoms with E-state index in [9.17, 15) is 0 Å². The summed E-state index contributed by atoms with van der Waals surface area (Å²) in [5.41, 5.74) is 3.81. The van der Waals surface area contributed by atoms with Crippen molar-refractivity contribution in [3.8, 4) is 0 Å². The highest BCUT2D eigenvalue weighted by atomic mass is 35.5. The van der Waals surface area contributed by atoms with Crippen LogP contribution in [0, 0.1) is 6.92 Å². The molecule has 2 aromatic rings. The van der Waals surface area contributed by atoms with Crippen molar-refractivity contribution in [1.29, 1.82) is 0 Å². The number of nitrogens with one attached hydrogen (secondary N) is 1. The lowest BCUT2D eigenvalue weighted by atomic mass is 10.0. The van der Waals surface area contributed by atoms with Crippen molar-refractivity contribution in [2.75, 3.05) is 11.9 Å². The Balaban J connectivity index is 2.27. The molecule has 1 N–H and O–H groups in total. The summed E-state index contributed by atoms with van der Waals surface area (Å²) in [6, 6.07) is 7.83. The average molecular weight is 303 g/mol. The number of aliphatic imine (C=N–C) groups is 1. The number of halogens is 1. The van der Waals surface area contributed by atoms with Crippen LogP contribution in [0.4, 0.5) is 5.82 Å². The van der Waals surface area contributed by atoms with Gasteiger partial charge in [-0.05, 0) is 32.9 Å². The van der Waals surface area contributed by atoms with E-state index < -0.39 is 0 Å². The van der Waals surface area contributed by atoms with Crippen molar-refractivity contribution in [3.63, 3.8) is 0 Å². The van der Waals surface area contributed by atoms with Gasteiger partial charge in [0.2, 0.25) is 0 Å². The Morgan fingerprint density at radius 3 is 2.81 bits per heavy atom. The van der Waals surface area contributed by atoms with Crippen LogP contribution in [0.1, 0.15) is 30.7 Å². The molecule has 0 bridgehead atoms. The lowest BCUT2D eigenvalue weighted by Crippen LogP contribution is -2.28. The molecule has 0 spiro atoms. The maximum absolute atomic E-state index is 6.16. The van der Waals surface area contributed by atoms with Crippen molar-refractivity contribution >= 4 is 23.1 Å². The van der Waals surface area contributed by atoms with Crippen molar-refractivity contribution in [3.05, 3.63) is 46.1 Å². The van der Waals surface area contributed by atoms with Crippen LogP contribution in [-0.4, -0.2) is 27.6 Å². The predicted octanol–water partition coefficient (Wildman–Crippen LogP) is 3.42. The number of nitrogens with zero attached hydrogens (tertiary/aromatic N) is 3. The summed E-state index contributed by atoms with van der Waals surface area (Å²) in [5, 5.41) is 8.71. The molecule has 1 aromatic carbocycles. The molecule has 4 nitrogen and oxygen atoms in total. The van der Waals surface area contributed by atoms with E-state index in [0.29, 0.717) is 5.02 Å². The fourth-order valence-corrected chi connectivity index (χ4v) is 2.88. The predicted molar refractivity (Wildman–Crippen MR) is 87.6 cm³/mol. The third-order valence-corrected chi connectivity index (χ3v) is 3.90. The van der Waals surface area contributed by atoms with Crippen LogP contribution in [0.15, 0.2) is 29.3 Å². The first-order valence-electron chi connectivity index (χ1n) is 7.01. The molecule has 1 aliphatic heterocycles. The first-order valence-corrected chi connectivity index (χ1v) is 7.39. The molecule has 110 valence electrons. The van der Waals surface area contributed by atoms with Crippen LogP contribution >= 0.6 is 11.6 Å². The van der Waals surface area contributed by atoms with E-state index in [2.05, 4.69) is 24.3 Å². The molecular formula is C16H19ClN4. The van der Waals surface area contributed by atoms with E-state index in [1.807, 2.05) is 42.9 Å². The molecule has 0 fully saturated rings. The van der Waals surface area contributed by atoms with Crippen LogP contribution in [0.25, 0.3) is 0 Å². The lowest BCUT2D eigenvalue weighted by Gasteiger charge is -2.19. The van der Waals surface area contributed by atoms with Crippen LogP contribution in [-0.2, 0) is 7.05 Å². The fraction of sp³-hybridized carbons (Fsp3) is 0.375. The smallest absolute Gasteiger partial charge is 0.133 e. The number of hydrogen-bond donors (Lipinski definition) is 1. The van der Waals surface area contributed by atoms with Gasteiger partial charge in [0.1, 0.15) is 5.82 Å². The van der Waals surface area contributed by atoms with E-state index in [-0.39, 0.29) is 5.54 Å². The van der Waals surface area contributed by atoms with Crippen LogP contribution in [0.5, 0.6) is 0 Å². The second-order valence-electron chi connectivity index (χ2n) is 6.07. The topological polar surface area (TPSA) is 42.2 Å². The molecule has 0 unspecified atom stereocenters. The summed E-state index contributed by atoms with van der Waals surface area (Å²) in [6.07, 6.45) is 0. The number of benzene rings is 1. The maximum Gasteiger partial charge on any atom is 0.133 e. The van der Waals surface area contributed by atoms with Crippen molar-refractivity contribution < 1.29 is 0 Å². The van der Waals surface area contributed by atoms with E-state index in [0.717, 1.165) is 34.9 Å². The molecule has 0 aliphatic carbocycles. The quantitative estimate of drug-likeness (QED) is 0.877. The zero-order chi connectivity index (χ0) is 15.2. The zero-order valence-corrected chi connectivity index (χ0v) is 13.5. The van der Waals surface area contributed by atoms with E-state index in [1.54, 1.807) is 0 Å². The minimum atomic E-state index is -0.191. The van der Waals surface area contributed by atoms with Gasteiger partial charge in [0.05, 0.1) is 22.5 Å². The average Bonchev–Trinajstić information content (AvgIpc) is 2.59. The maximum atomic E-state index is 6.16. The molecule has 0 atom stereocenters. The van der Waals surface area contributed by atoms with E-state index in [4.69, 9.17) is 16.6 Å². The third kappa shape index (κ3) is 2.56. The van der Waals surface area contributed by atoms with Gasteiger partial charge in [0.15, 0.2) is 0 Å². The van der Waals surface area contributed by atoms with Gasteiger partial charge in [-0.3, -0.25) is 9.67 Å². The highest BCUT2D eigenvalue weighted by Crippen LogP contribution is 2.29. The van der Waals surface area contributed by atoms with Crippen LogP contribution in [0.3, 0.4) is 0 Å². The van der Waals surface area contributed by atoms with Crippen molar-refractivity contribution in [1.82, 2.24) is 9.78 Å². The number of anilines is 1.